The number of fused-ring (bicyclic) bond motifs is 1. The summed E-state index contributed by atoms with van der Waals surface area (Å²) in [6, 6.07) is 25.2. The number of carbonyl (C=O) groups excluding carboxylic acids is 1. The van der Waals surface area contributed by atoms with Crippen LogP contribution in [0.15, 0.2) is 78.9 Å². The van der Waals surface area contributed by atoms with Gasteiger partial charge in [0.05, 0.1) is 0 Å². The summed E-state index contributed by atoms with van der Waals surface area (Å²) in [5, 5.41) is 2.42. The zero-order valence-corrected chi connectivity index (χ0v) is 13.5. The van der Waals surface area contributed by atoms with Crippen molar-refractivity contribution in [2.75, 3.05) is 6.54 Å². The van der Waals surface area contributed by atoms with Crippen LogP contribution in [0.25, 0.3) is 16.5 Å². The topological polar surface area (TPSA) is 20.3 Å². The van der Waals surface area contributed by atoms with Gasteiger partial charge in [0.25, 0.3) is 0 Å². The molecule has 0 saturated heterocycles. The normalized spacial score (nSPS) is 14.8. The lowest BCUT2D eigenvalue weighted by Gasteiger charge is -2.30. The molecule has 0 saturated carbocycles. The first-order valence-electron chi connectivity index (χ1n) is 8.32. The van der Waals surface area contributed by atoms with Crippen LogP contribution >= 0.6 is 0 Å². The van der Waals surface area contributed by atoms with Gasteiger partial charge in [0.15, 0.2) is 5.78 Å². The third-order valence-corrected chi connectivity index (χ3v) is 4.53. The molecule has 3 aromatic carbocycles. The van der Waals surface area contributed by atoms with Crippen LogP contribution < -0.4 is 0 Å². The van der Waals surface area contributed by atoms with Crippen molar-refractivity contribution < 1.29 is 4.79 Å². The Morgan fingerprint density at radius 2 is 1.58 bits per heavy atom. The highest BCUT2D eigenvalue weighted by molar-refractivity contribution is 5.99. The lowest BCUT2D eigenvalue weighted by Crippen LogP contribution is -2.28. The van der Waals surface area contributed by atoms with E-state index in [1.165, 1.54) is 16.3 Å². The van der Waals surface area contributed by atoms with Crippen LogP contribution in [0.1, 0.15) is 17.5 Å². The summed E-state index contributed by atoms with van der Waals surface area (Å²) in [4.78, 5) is 14.3. The molecule has 4 rings (SSSR count). The van der Waals surface area contributed by atoms with Gasteiger partial charge in [-0.25, -0.2) is 0 Å². The molecule has 0 atom stereocenters. The smallest absolute Gasteiger partial charge is 0.159 e. The summed E-state index contributed by atoms with van der Waals surface area (Å²) in [6.07, 6.45) is 2.39. The van der Waals surface area contributed by atoms with Crippen molar-refractivity contribution >= 4 is 22.3 Å². The third kappa shape index (κ3) is 2.95. The zero-order chi connectivity index (χ0) is 16.4. The molecular formula is C22H19NO. The van der Waals surface area contributed by atoms with E-state index >= 15 is 0 Å². The van der Waals surface area contributed by atoms with Crippen molar-refractivity contribution in [1.82, 2.24) is 4.90 Å². The van der Waals surface area contributed by atoms with E-state index in [9.17, 15) is 4.79 Å². The maximum absolute atomic E-state index is 12.0. The average Bonchev–Trinajstić information content (AvgIpc) is 2.64. The van der Waals surface area contributed by atoms with E-state index in [2.05, 4.69) is 59.5 Å². The van der Waals surface area contributed by atoms with Crippen molar-refractivity contribution in [1.29, 1.82) is 0 Å². The van der Waals surface area contributed by atoms with Gasteiger partial charge in [0.1, 0.15) is 0 Å². The van der Waals surface area contributed by atoms with E-state index in [0.717, 1.165) is 24.4 Å². The van der Waals surface area contributed by atoms with Gasteiger partial charge in [0, 0.05) is 31.3 Å². The van der Waals surface area contributed by atoms with Crippen LogP contribution in [0.2, 0.25) is 0 Å². The third-order valence-electron chi connectivity index (χ3n) is 4.53. The van der Waals surface area contributed by atoms with Crippen molar-refractivity contribution in [2.24, 2.45) is 0 Å². The first-order valence-corrected chi connectivity index (χ1v) is 8.32. The second-order valence-corrected chi connectivity index (χ2v) is 6.21. The van der Waals surface area contributed by atoms with Crippen molar-refractivity contribution in [3.05, 3.63) is 90.0 Å². The zero-order valence-electron chi connectivity index (χ0n) is 13.5. The molecule has 3 aromatic rings. The quantitative estimate of drug-likeness (QED) is 0.701. The summed E-state index contributed by atoms with van der Waals surface area (Å²) in [5.41, 5.74) is 3.40. The highest BCUT2D eigenvalue weighted by Gasteiger charge is 2.19. The minimum Gasteiger partial charge on any atom is -0.366 e. The van der Waals surface area contributed by atoms with Gasteiger partial charge >= 0.3 is 0 Å². The van der Waals surface area contributed by atoms with Gasteiger partial charge in [-0.05, 0) is 28.0 Å². The molecular weight excluding hydrogens is 294 g/mol. The molecule has 0 aromatic heterocycles. The first kappa shape index (κ1) is 14.7. The Morgan fingerprint density at radius 1 is 0.833 bits per heavy atom. The maximum atomic E-state index is 12.0. The molecule has 24 heavy (non-hydrogen) atoms. The molecule has 0 spiro atoms. The van der Waals surface area contributed by atoms with Gasteiger partial charge in [-0.15, -0.1) is 0 Å². The summed E-state index contributed by atoms with van der Waals surface area (Å²) in [5.74, 6) is 0.211. The highest BCUT2D eigenvalue weighted by Crippen LogP contribution is 2.28. The minimum atomic E-state index is 0.211. The molecule has 0 bridgehead atoms. The minimum absolute atomic E-state index is 0.211. The van der Waals surface area contributed by atoms with Crippen molar-refractivity contribution in [3.8, 4) is 0 Å². The van der Waals surface area contributed by atoms with Crippen molar-refractivity contribution in [2.45, 2.75) is 13.0 Å². The number of carbonyl (C=O) groups is 1. The molecule has 2 nitrogen and oxygen atoms in total. The number of nitrogens with zero attached hydrogens (tertiary/aromatic N) is 1. The fraction of sp³-hybridized carbons (Fsp3) is 0.136. The van der Waals surface area contributed by atoms with Gasteiger partial charge < -0.3 is 4.90 Å². The van der Waals surface area contributed by atoms with E-state index in [4.69, 9.17) is 0 Å². The van der Waals surface area contributed by atoms with Crippen molar-refractivity contribution in [3.63, 3.8) is 0 Å². The Balaban J connectivity index is 1.72. The van der Waals surface area contributed by atoms with Crippen LogP contribution in [0, 0.1) is 0 Å². The molecule has 2 heteroatoms. The fourth-order valence-electron chi connectivity index (χ4n) is 3.26. The standard InChI is InChI=1S/C22H19NO/c24-21-12-13-23(16-17-6-2-1-3-7-17)22(15-21)20-11-10-18-8-4-5-9-19(18)14-20/h1-11,14-15H,12-13,16H2. The second-order valence-electron chi connectivity index (χ2n) is 6.21. The number of hydrogen-bond donors (Lipinski definition) is 0. The Kier molecular flexibility index (Phi) is 3.87. The molecule has 0 amide bonds. The van der Waals surface area contributed by atoms with Gasteiger partial charge in [-0.2, -0.15) is 0 Å². The van der Waals surface area contributed by atoms with Gasteiger partial charge in [0.2, 0.25) is 0 Å². The molecule has 0 aliphatic carbocycles. The fourth-order valence-corrected chi connectivity index (χ4v) is 3.26. The summed E-state index contributed by atoms with van der Waals surface area (Å²) in [6.45, 7) is 1.60. The van der Waals surface area contributed by atoms with E-state index < -0.39 is 0 Å². The molecule has 1 heterocycles. The van der Waals surface area contributed by atoms with E-state index in [-0.39, 0.29) is 5.78 Å². The predicted molar refractivity (Wildman–Crippen MR) is 98.4 cm³/mol. The first-order chi connectivity index (χ1) is 11.8. The molecule has 118 valence electrons. The predicted octanol–water partition coefficient (Wildman–Crippen LogP) is 4.66. The number of rotatable bonds is 3. The number of allylic oxidation sites excluding steroid dienone is 1. The van der Waals surface area contributed by atoms with Crippen LogP contribution in [-0.2, 0) is 11.3 Å². The van der Waals surface area contributed by atoms with Crippen LogP contribution in [-0.4, -0.2) is 17.2 Å². The SMILES string of the molecule is O=C1C=C(c2ccc3ccccc3c2)N(Cc2ccccc2)CC1. The Bertz CT molecular complexity index is 911. The number of hydrogen-bond acceptors (Lipinski definition) is 2. The van der Waals surface area contributed by atoms with Crippen LogP contribution in [0.3, 0.4) is 0 Å². The number of ketones is 1. The average molecular weight is 313 g/mol. The lowest BCUT2D eigenvalue weighted by atomic mass is 10.00. The largest absolute Gasteiger partial charge is 0.366 e. The summed E-state index contributed by atoms with van der Waals surface area (Å²) >= 11 is 0. The molecule has 1 aliphatic rings. The van der Waals surface area contributed by atoms with Gasteiger partial charge in [-0.3, -0.25) is 4.79 Å². The van der Waals surface area contributed by atoms with Gasteiger partial charge in [-0.1, -0.05) is 66.7 Å². The molecule has 0 fully saturated rings. The molecule has 0 radical (unpaired) electrons. The van der Waals surface area contributed by atoms with Crippen LogP contribution in [0.5, 0.6) is 0 Å². The van der Waals surface area contributed by atoms with Crippen LogP contribution in [0.4, 0.5) is 0 Å². The molecule has 1 aliphatic heterocycles. The van der Waals surface area contributed by atoms with E-state index in [1.807, 2.05) is 18.2 Å². The summed E-state index contributed by atoms with van der Waals surface area (Å²) < 4.78 is 0. The number of benzene rings is 3. The molecule has 0 unspecified atom stereocenters. The Hall–Kier alpha value is -2.87. The Labute approximate surface area is 142 Å². The summed E-state index contributed by atoms with van der Waals surface area (Å²) in [7, 11) is 0. The molecule has 0 N–H and O–H groups in total. The monoisotopic (exact) mass is 313 g/mol. The second kappa shape index (κ2) is 6.32. The lowest BCUT2D eigenvalue weighted by molar-refractivity contribution is -0.115. The Morgan fingerprint density at radius 3 is 2.42 bits per heavy atom. The van der Waals surface area contributed by atoms with E-state index in [0.29, 0.717) is 6.42 Å². The maximum Gasteiger partial charge on any atom is 0.159 e. The van der Waals surface area contributed by atoms with E-state index in [1.54, 1.807) is 6.08 Å². The highest BCUT2D eigenvalue weighted by atomic mass is 16.1.